The van der Waals surface area contributed by atoms with Crippen molar-refractivity contribution < 1.29 is 23.7 Å². The van der Waals surface area contributed by atoms with E-state index >= 15 is 0 Å². The lowest BCUT2D eigenvalue weighted by atomic mass is 10.3. The molecule has 0 spiro atoms. The second-order valence-electron chi connectivity index (χ2n) is 7.29. The minimum Gasteiger partial charge on any atom is -0.495 e. The summed E-state index contributed by atoms with van der Waals surface area (Å²) in [5.41, 5.74) is 0.669. The summed E-state index contributed by atoms with van der Waals surface area (Å²) in [6, 6.07) is 10.9. The lowest BCUT2D eigenvalue weighted by Crippen LogP contribution is -2.36. The van der Waals surface area contributed by atoms with Crippen LogP contribution in [-0.2, 0) is 4.79 Å². The van der Waals surface area contributed by atoms with Gasteiger partial charge >= 0.3 is 0 Å². The Balaban J connectivity index is 0.00000385. The fourth-order valence-electron chi connectivity index (χ4n) is 3.22. The number of hydrogen-bond donors (Lipinski definition) is 0. The molecule has 3 rings (SSSR count). The largest absolute Gasteiger partial charge is 0.495 e. The number of para-hydroxylation sites is 2. The molecule has 1 amide bonds. The van der Waals surface area contributed by atoms with Crippen LogP contribution in [0.15, 0.2) is 36.4 Å². The smallest absolute Gasteiger partial charge is 0.266 e. The van der Waals surface area contributed by atoms with E-state index < -0.39 is 0 Å². The van der Waals surface area contributed by atoms with E-state index in [1.807, 2.05) is 38.4 Å². The molecule has 0 bridgehead atoms. The number of anilines is 1. The van der Waals surface area contributed by atoms with E-state index in [1.165, 1.54) is 11.3 Å². The predicted molar refractivity (Wildman–Crippen MR) is 134 cm³/mol. The number of aromatic nitrogens is 1. The van der Waals surface area contributed by atoms with Crippen LogP contribution >= 0.6 is 23.7 Å². The van der Waals surface area contributed by atoms with Crippen molar-refractivity contribution in [1.29, 1.82) is 0 Å². The van der Waals surface area contributed by atoms with Crippen LogP contribution in [0.4, 0.5) is 5.13 Å². The molecule has 0 radical (unpaired) electrons. The first kappa shape index (κ1) is 26.5. The molecule has 33 heavy (non-hydrogen) atoms. The Bertz CT molecular complexity index is 1020. The van der Waals surface area contributed by atoms with Crippen molar-refractivity contribution in [2.45, 2.75) is 6.42 Å². The zero-order valence-corrected chi connectivity index (χ0v) is 21.1. The lowest BCUT2D eigenvalue weighted by Gasteiger charge is -2.21. The van der Waals surface area contributed by atoms with Crippen LogP contribution in [-0.4, -0.2) is 70.9 Å². The highest BCUT2D eigenvalue weighted by Gasteiger charge is 2.23. The van der Waals surface area contributed by atoms with Crippen LogP contribution in [0.25, 0.3) is 10.2 Å². The van der Waals surface area contributed by atoms with Crippen molar-refractivity contribution in [2.75, 3.05) is 60.0 Å². The third-order valence-electron chi connectivity index (χ3n) is 4.84. The van der Waals surface area contributed by atoms with Crippen molar-refractivity contribution in [3.63, 3.8) is 0 Å². The molecule has 1 aromatic heterocycles. The normalized spacial score (nSPS) is 10.6. The summed E-state index contributed by atoms with van der Waals surface area (Å²) in [5.74, 6) is 2.23. The molecule has 0 fully saturated rings. The highest BCUT2D eigenvalue weighted by Crippen LogP contribution is 2.40. The molecule has 0 aliphatic heterocycles. The number of methoxy groups -OCH3 is 3. The molecule has 8 nitrogen and oxygen atoms in total. The van der Waals surface area contributed by atoms with E-state index in [1.54, 1.807) is 38.4 Å². The van der Waals surface area contributed by atoms with E-state index in [0.717, 1.165) is 17.7 Å². The van der Waals surface area contributed by atoms with E-state index in [2.05, 4.69) is 4.90 Å². The topological polar surface area (TPSA) is 73.4 Å². The van der Waals surface area contributed by atoms with Gasteiger partial charge in [0.2, 0.25) is 0 Å². The van der Waals surface area contributed by atoms with Crippen molar-refractivity contribution >= 4 is 45.0 Å². The molecule has 0 atom stereocenters. The Morgan fingerprint density at radius 3 is 2.18 bits per heavy atom. The number of halogens is 1. The van der Waals surface area contributed by atoms with Gasteiger partial charge < -0.3 is 23.8 Å². The average molecular weight is 496 g/mol. The van der Waals surface area contributed by atoms with Crippen molar-refractivity contribution in [3.05, 3.63) is 36.4 Å². The van der Waals surface area contributed by atoms with Crippen LogP contribution in [0.3, 0.4) is 0 Å². The van der Waals surface area contributed by atoms with Crippen LogP contribution < -0.4 is 23.8 Å². The number of ether oxygens (including phenoxy) is 4. The number of nitrogens with zero attached hydrogens (tertiary/aromatic N) is 3. The van der Waals surface area contributed by atoms with Gasteiger partial charge in [-0.3, -0.25) is 9.69 Å². The summed E-state index contributed by atoms with van der Waals surface area (Å²) < 4.78 is 22.9. The molecular weight excluding hydrogens is 466 g/mol. The van der Waals surface area contributed by atoms with Gasteiger partial charge in [-0.1, -0.05) is 23.5 Å². The van der Waals surface area contributed by atoms with Crippen LogP contribution in [0.2, 0.25) is 0 Å². The number of rotatable bonds is 11. The standard InChI is InChI=1S/C23H29N3O5S.ClH/c1-25(2)13-8-14-26(20(27)15-31-17-10-7-6-9-16(17)28-3)23-24-21-18(29-4)11-12-19(30-5)22(21)32-23;/h6-7,9-12H,8,13-15H2,1-5H3;1H. The number of carbonyl (C=O) groups excluding carboxylic acids is 1. The molecule has 0 N–H and O–H groups in total. The summed E-state index contributed by atoms with van der Waals surface area (Å²) in [5, 5.41) is 0.579. The van der Waals surface area contributed by atoms with Crippen molar-refractivity contribution in [1.82, 2.24) is 9.88 Å². The Morgan fingerprint density at radius 1 is 0.909 bits per heavy atom. The molecule has 0 saturated heterocycles. The maximum Gasteiger partial charge on any atom is 0.266 e. The molecular formula is C23H30ClN3O5S. The van der Waals surface area contributed by atoms with Crippen LogP contribution in [0, 0.1) is 0 Å². The van der Waals surface area contributed by atoms with Crippen LogP contribution in [0.1, 0.15) is 6.42 Å². The predicted octanol–water partition coefficient (Wildman–Crippen LogP) is 4.11. The van der Waals surface area contributed by atoms with Gasteiger partial charge in [-0.25, -0.2) is 4.98 Å². The van der Waals surface area contributed by atoms with Gasteiger partial charge in [-0.2, -0.15) is 0 Å². The Hall–Kier alpha value is -2.75. The average Bonchev–Trinajstić information content (AvgIpc) is 3.24. The zero-order chi connectivity index (χ0) is 23.1. The van der Waals surface area contributed by atoms with E-state index in [4.69, 9.17) is 23.9 Å². The molecule has 0 unspecified atom stereocenters. The molecule has 0 saturated carbocycles. The molecule has 3 aromatic rings. The number of fused-ring (bicyclic) bond motifs is 1. The van der Waals surface area contributed by atoms with E-state index in [-0.39, 0.29) is 24.9 Å². The Labute approximate surface area is 204 Å². The fourth-order valence-corrected chi connectivity index (χ4v) is 4.33. The molecule has 0 aliphatic carbocycles. The van der Waals surface area contributed by atoms with Gasteiger partial charge in [0.1, 0.15) is 21.7 Å². The summed E-state index contributed by atoms with van der Waals surface area (Å²) in [6.45, 7) is 1.22. The van der Waals surface area contributed by atoms with Gasteiger partial charge in [-0.15, -0.1) is 12.4 Å². The first-order valence-corrected chi connectivity index (χ1v) is 11.0. The molecule has 2 aromatic carbocycles. The van der Waals surface area contributed by atoms with E-state index in [9.17, 15) is 4.79 Å². The minimum absolute atomic E-state index is 0. The number of thiazole rings is 1. The summed E-state index contributed by atoms with van der Waals surface area (Å²) >= 11 is 1.40. The van der Waals surface area contributed by atoms with Gasteiger partial charge in [0, 0.05) is 6.54 Å². The highest BCUT2D eigenvalue weighted by atomic mass is 35.5. The Morgan fingerprint density at radius 2 is 1.55 bits per heavy atom. The highest BCUT2D eigenvalue weighted by molar-refractivity contribution is 7.22. The first-order valence-electron chi connectivity index (χ1n) is 10.2. The number of amides is 1. The third kappa shape index (κ3) is 6.40. The minimum atomic E-state index is -0.188. The molecule has 1 heterocycles. The quantitative estimate of drug-likeness (QED) is 0.396. The first-order chi connectivity index (χ1) is 15.5. The monoisotopic (exact) mass is 495 g/mol. The zero-order valence-electron chi connectivity index (χ0n) is 19.5. The lowest BCUT2D eigenvalue weighted by molar-refractivity contribution is -0.120. The van der Waals surface area contributed by atoms with Crippen molar-refractivity contribution in [3.8, 4) is 23.0 Å². The summed E-state index contributed by atoms with van der Waals surface area (Å²) in [7, 11) is 8.79. The van der Waals surface area contributed by atoms with Gasteiger partial charge in [0.05, 0.1) is 21.3 Å². The number of benzene rings is 2. The van der Waals surface area contributed by atoms with Gasteiger partial charge in [0.15, 0.2) is 23.2 Å². The number of hydrogen-bond acceptors (Lipinski definition) is 8. The van der Waals surface area contributed by atoms with Gasteiger partial charge in [0.25, 0.3) is 5.91 Å². The van der Waals surface area contributed by atoms with Crippen molar-refractivity contribution in [2.24, 2.45) is 0 Å². The summed E-state index contributed by atoms with van der Waals surface area (Å²) in [4.78, 5) is 21.7. The van der Waals surface area contributed by atoms with Crippen LogP contribution in [0.5, 0.6) is 23.0 Å². The third-order valence-corrected chi connectivity index (χ3v) is 5.93. The Kier molecular flexibility index (Phi) is 10.0. The second kappa shape index (κ2) is 12.5. The maximum atomic E-state index is 13.2. The molecule has 10 heteroatoms. The fraction of sp³-hybridized carbons (Fsp3) is 0.391. The second-order valence-corrected chi connectivity index (χ2v) is 8.26. The van der Waals surface area contributed by atoms with Gasteiger partial charge in [-0.05, 0) is 51.3 Å². The summed E-state index contributed by atoms with van der Waals surface area (Å²) in [6.07, 6.45) is 0.789. The SMILES string of the molecule is COc1ccccc1OCC(=O)N(CCCN(C)C)c1nc2c(OC)ccc(OC)c2s1.Cl. The van der Waals surface area contributed by atoms with E-state index in [0.29, 0.717) is 40.2 Å². The molecule has 0 aliphatic rings. The number of carbonyl (C=O) groups is 1. The maximum absolute atomic E-state index is 13.2. The molecule has 180 valence electrons.